The summed E-state index contributed by atoms with van der Waals surface area (Å²) in [5, 5.41) is 1.27. The Bertz CT molecular complexity index is 729. The van der Waals surface area contributed by atoms with Crippen LogP contribution in [0.3, 0.4) is 0 Å². The topological polar surface area (TPSA) is 60.9 Å². The lowest BCUT2D eigenvalue weighted by Gasteiger charge is -2.36. The minimum Gasteiger partial charge on any atom is -0.337 e. The van der Waals surface area contributed by atoms with Gasteiger partial charge in [0.1, 0.15) is 0 Å². The lowest BCUT2D eigenvalue weighted by atomic mass is 10.2. The molecule has 0 unspecified atom stereocenters. The molecule has 1 saturated heterocycles. The molecule has 0 aromatic heterocycles. The van der Waals surface area contributed by atoms with Crippen LogP contribution in [0.2, 0.25) is 0 Å². The third-order valence-corrected chi connectivity index (χ3v) is 6.25. The van der Waals surface area contributed by atoms with Crippen LogP contribution in [0.5, 0.6) is 0 Å². The SMILES string of the molecule is CC(C)N(C(=O)CN1CCN(S(=O)(=O)C=Cc2ccccc2)CC1)C(C)C. The van der Waals surface area contributed by atoms with Gasteiger partial charge in [0.2, 0.25) is 15.9 Å². The summed E-state index contributed by atoms with van der Waals surface area (Å²) in [6.45, 7) is 10.3. The molecule has 27 heavy (non-hydrogen) atoms. The number of benzene rings is 1. The maximum Gasteiger partial charge on any atom is 0.237 e. The first-order valence-corrected chi connectivity index (χ1v) is 11.0. The van der Waals surface area contributed by atoms with Gasteiger partial charge < -0.3 is 4.90 Å². The predicted molar refractivity (Wildman–Crippen MR) is 110 cm³/mol. The minimum atomic E-state index is -3.45. The van der Waals surface area contributed by atoms with Gasteiger partial charge in [-0.3, -0.25) is 9.69 Å². The molecule has 1 heterocycles. The van der Waals surface area contributed by atoms with Gasteiger partial charge in [-0.1, -0.05) is 30.3 Å². The van der Waals surface area contributed by atoms with Crippen molar-refractivity contribution in [1.82, 2.24) is 14.1 Å². The largest absolute Gasteiger partial charge is 0.337 e. The molecule has 0 aliphatic carbocycles. The number of carbonyl (C=O) groups excluding carboxylic acids is 1. The van der Waals surface area contributed by atoms with Crippen molar-refractivity contribution < 1.29 is 13.2 Å². The van der Waals surface area contributed by atoms with Crippen molar-refractivity contribution in [3.63, 3.8) is 0 Å². The van der Waals surface area contributed by atoms with E-state index in [4.69, 9.17) is 0 Å². The van der Waals surface area contributed by atoms with Gasteiger partial charge in [0.15, 0.2) is 0 Å². The third kappa shape index (κ3) is 6.16. The zero-order valence-corrected chi connectivity index (χ0v) is 17.5. The van der Waals surface area contributed by atoms with Crippen molar-refractivity contribution >= 4 is 22.0 Å². The van der Waals surface area contributed by atoms with Crippen LogP contribution in [0.25, 0.3) is 6.08 Å². The summed E-state index contributed by atoms with van der Waals surface area (Å²) in [6, 6.07) is 9.69. The summed E-state index contributed by atoms with van der Waals surface area (Å²) in [4.78, 5) is 16.5. The van der Waals surface area contributed by atoms with Gasteiger partial charge in [0, 0.05) is 43.7 Å². The fourth-order valence-corrected chi connectivity index (χ4v) is 4.58. The first-order chi connectivity index (χ1) is 12.7. The van der Waals surface area contributed by atoms with Crippen LogP contribution < -0.4 is 0 Å². The molecule has 1 amide bonds. The smallest absolute Gasteiger partial charge is 0.237 e. The highest BCUT2D eigenvalue weighted by molar-refractivity contribution is 7.92. The van der Waals surface area contributed by atoms with Crippen LogP contribution in [0.15, 0.2) is 35.7 Å². The second-order valence-corrected chi connectivity index (χ2v) is 9.24. The Hall–Kier alpha value is -1.70. The Morgan fingerprint density at radius 1 is 1.04 bits per heavy atom. The van der Waals surface area contributed by atoms with Crippen molar-refractivity contribution in [1.29, 1.82) is 0 Å². The molecular formula is C20H31N3O3S. The van der Waals surface area contributed by atoms with Gasteiger partial charge in [0.25, 0.3) is 0 Å². The molecule has 150 valence electrons. The van der Waals surface area contributed by atoms with E-state index in [1.54, 1.807) is 6.08 Å². The first-order valence-electron chi connectivity index (χ1n) is 9.47. The molecule has 0 radical (unpaired) electrons. The van der Waals surface area contributed by atoms with E-state index in [0.717, 1.165) is 5.56 Å². The summed E-state index contributed by atoms with van der Waals surface area (Å²) in [6.07, 6.45) is 1.62. The molecule has 1 aliphatic rings. The highest BCUT2D eigenvalue weighted by atomic mass is 32.2. The van der Waals surface area contributed by atoms with Gasteiger partial charge in [-0.15, -0.1) is 0 Å². The van der Waals surface area contributed by atoms with Gasteiger partial charge in [-0.25, -0.2) is 8.42 Å². The van der Waals surface area contributed by atoms with Crippen LogP contribution in [0.4, 0.5) is 0 Å². The van der Waals surface area contributed by atoms with Gasteiger partial charge in [-0.05, 0) is 39.3 Å². The Morgan fingerprint density at radius 2 is 1.59 bits per heavy atom. The number of piperazine rings is 1. The normalized spacial score (nSPS) is 17.1. The van der Waals surface area contributed by atoms with E-state index < -0.39 is 10.0 Å². The standard InChI is InChI=1S/C20H31N3O3S/c1-17(2)23(18(3)4)20(24)16-21-11-13-22(14-12-21)27(25,26)15-10-19-8-6-5-7-9-19/h5-10,15,17-18H,11-14,16H2,1-4H3. The first kappa shape index (κ1) is 21.6. The number of hydrogen-bond donors (Lipinski definition) is 0. The molecule has 1 fully saturated rings. The minimum absolute atomic E-state index is 0.0975. The van der Waals surface area contributed by atoms with E-state index in [1.807, 2.05) is 67.8 Å². The van der Waals surface area contributed by atoms with Crippen LogP contribution in [-0.4, -0.2) is 73.2 Å². The monoisotopic (exact) mass is 393 g/mol. The summed E-state index contributed by atoms with van der Waals surface area (Å²) < 4.78 is 26.5. The van der Waals surface area contributed by atoms with Crippen LogP contribution >= 0.6 is 0 Å². The van der Waals surface area contributed by atoms with E-state index in [9.17, 15) is 13.2 Å². The number of hydrogen-bond acceptors (Lipinski definition) is 4. The molecule has 0 N–H and O–H groups in total. The van der Waals surface area contributed by atoms with Gasteiger partial charge >= 0.3 is 0 Å². The molecule has 0 saturated carbocycles. The van der Waals surface area contributed by atoms with Gasteiger partial charge in [-0.2, -0.15) is 4.31 Å². The van der Waals surface area contributed by atoms with Gasteiger partial charge in [0.05, 0.1) is 6.54 Å². The number of carbonyl (C=O) groups is 1. The maximum atomic E-state index is 12.6. The fraction of sp³-hybridized carbons (Fsp3) is 0.550. The van der Waals surface area contributed by atoms with Crippen LogP contribution in [-0.2, 0) is 14.8 Å². The Kier molecular flexibility index (Phi) is 7.59. The Labute approximate surface area is 163 Å². The molecule has 2 rings (SSSR count). The molecule has 1 aliphatic heterocycles. The highest BCUT2D eigenvalue weighted by Gasteiger charge is 2.28. The average molecular weight is 394 g/mol. The second-order valence-electron chi connectivity index (χ2n) is 7.42. The fourth-order valence-electron chi connectivity index (χ4n) is 3.40. The van der Waals surface area contributed by atoms with E-state index in [-0.39, 0.29) is 18.0 Å². The summed E-state index contributed by atoms with van der Waals surface area (Å²) >= 11 is 0. The molecule has 1 aromatic carbocycles. The molecule has 7 heteroatoms. The molecule has 0 spiro atoms. The van der Waals surface area contributed by atoms with E-state index >= 15 is 0 Å². The number of sulfonamides is 1. The zero-order valence-electron chi connectivity index (χ0n) is 16.7. The Balaban J connectivity index is 1.90. The quantitative estimate of drug-likeness (QED) is 0.713. The summed E-state index contributed by atoms with van der Waals surface area (Å²) in [5.41, 5.74) is 0.854. The molecule has 0 atom stereocenters. The summed E-state index contributed by atoms with van der Waals surface area (Å²) in [7, 11) is -3.45. The van der Waals surface area contributed by atoms with Crippen molar-refractivity contribution in [2.75, 3.05) is 32.7 Å². The second kappa shape index (κ2) is 9.48. The van der Waals surface area contributed by atoms with Crippen molar-refractivity contribution in [3.8, 4) is 0 Å². The zero-order chi connectivity index (χ0) is 20.0. The van der Waals surface area contributed by atoms with Crippen LogP contribution in [0, 0.1) is 0 Å². The molecular weight excluding hydrogens is 362 g/mol. The number of rotatable bonds is 7. The molecule has 0 bridgehead atoms. The number of amides is 1. The van der Waals surface area contributed by atoms with Crippen molar-refractivity contribution in [3.05, 3.63) is 41.3 Å². The number of nitrogens with zero attached hydrogens (tertiary/aromatic N) is 3. The lowest BCUT2D eigenvalue weighted by molar-refractivity contribution is -0.136. The highest BCUT2D eigenvalue weighted by Crippen LogP contribution is 2.13. The molecule has 6 nitrogen and oxygen atoms in total. The van der Waals surface area contributed by atoms with Crippen molar-refractivity contribution in [2.45, 2.75) is 39.8 Å². The summed E-state index contributed by atoms with van der Waals surface area (Å²) in [5.74, 6) is 0.0975. The lowest BCUT2D eigenvalue weighted by Crippen LogP contribution is -2.53. The van der Waals surface area contributed by atoms with Crippen molar-refractivity contribution in [2.24, 2.45) is 0 Å². The third-order valence-electron chi connectivity index (χ3n) is 4.68. The maximum absolute atomic E-state index is 12.6. The van der Waals surface area contributed by atoms with E-state index in [0.29, 0.717) is 32.7 Å². The molecule has 1 aromatic rings. The van der Waals surface area contributed by atoms with E-state index in [1.165, 1.54) is 9.71 Å². The van der Waals surface area contributed by atoms with Crippen LogP contribution in [0.1, 0.15) is 33.3 Å². The van der Waals surface area contributed by atoms with E-state index in [2.05, 4.69) is 0 Å². The average Bonchev–Trinajstić information content (AvgIpc) is 2.61. The predicted octanol–water partition coefficient (Wildman–Crippen LogP) is 2.25. The Morgan fingerprint density at radius 3 is 2.11 bits per heavy atom.